The van der Waals surface area contributed by atoms with Crippen LogP contribution >= 0.6 is 27.5 Å². The van der Waals surface area contributed by atoms with Crippen LogP contribution in [0.25, 0.3) is 5.57 Å². The van der Waals surface area contributed by atoms with Crippen molar-refractivity contribution in [1.29, 1.82) is 0 Å². The first-order valence-corrected chi connectivity index (χ1v) is 5.70. The van der Waals surface area contributed by atoms with Crippen LogP contribution in [0, 0.1) is 5.92 Å². The van der Waals surface area contributed by atoms with Gasteiger partial charge in [0, 0.05) is 15.7 Å². The van der Waals surface area contributed by atoms with Crippen molar-refractivity contribution in [3.63, 3.8) is 0 Å². The topological polar surface area (TPSA) is 26.0 Å². The Kier molecular flexibility index (Phi) is 2.58. The summed E-state index contributed by atoms with van der Waals surface area (Å²) in [6, 6.07) is 3.73. The van der Waals surface area contributed by atoms with Gasteiger partial charge in [-0.05, 0) is 52.4 Å². The van der Waals surface area contributed by atoms with Crippen LogP contribution in [0.5, 0.6) is 0 Å². The molecule has 2 N–H and O–H groups in total. The summed E-state index contributed by atoms with van der Waals surface area (Å²) in [5.41, 5.74) is 8.78. The maximum absolute atomic E-state index is 6.01. The molecule has 1 aromatic carbocycles. The molecule has 1 aliphatic rings. The largest absolute Gasteiger partial charge is 0.398 e. The third-order valence-electron chi connectivity index (χ3n) is 2.51. The molecule has 1 aromatic rings. The van der Waals surface area contributed by atoms with Gasteiger partial charge in [0.1, 0.15) is 0 Å². The summed E-state index contributed by atoms with van der Waals surface area (Å²) in [5.74, 6) is 0.620. The van der Waals surface area contributed by atoms with Gasteiger partial charge >= 0.3 is 0 Å². The molecule has 74 valence electrons. The minimum atomic E-state index is 0.620. The van der Waals surface area contributed by atoms with E-state index in [-0.39, 0.29) is 0 Å². The zero-order chi connectivity index (χ0) is 10.3. The molecule has 0 heterocycles. The van der Waals surface area contributed by atoms with Crippen LogP contribution in [0.15, 0.2) is 23.2 Å². The maximum Gasteiger partial charge on any atom is 0.0555 e. The van der Waals surface area contributed by atoms with E-state index < -0.39 is 0 Å². The van der Waals surface area contributed by atoms with E-state index in [1.807, 2.05) is 12.1 Å². The monoisotopic (exact) mass is 271 g/mol. The highest BCUT2D eigenvalue weighted by Crippen LogP contribution is 2.43. The Morgan fingerprint density at radius 2 is 2.14 bits per heavy atom. The Balaban J connectivity index is 2.41. The van der Waals surface area contributed by atoms with Gasteiger partial charge in [0.2, 0.25) is 0 Å². The average molecular weight is 273 g/mol. The van der Waals surface area contributed by atoms with Crippen molar-refractivity contribution in [1.82, 2.24) is 0 Å². The molecule has 0 bridgehead atoms. The molecule has 0 amide bonds. The van der Waals surface area contributed by atoms with E-state index >= 15 is 0 Å². The molecule has 0 unspecified atom stereocenters. The van der Waals surface area contributed by atoms with Gasteiger partial charge in [-0.25, -0.2) is 0 Å². The number of hydrogen-bond donors (Lipinski definition) is 1. The lowest BCUT2D eigenvalue weighted by atomic mass is 10.0. The van der Waals surface area contributed by atoms with Gasteiger partial charge in [0.05, 0.1) is 5.02 Å². The predicted molar refractivity (Wildman–Crippen MR) is 65.3 cm³/mol. The molecule has 0 atom stereocenters. The Morgan fingerprint density at radius 3 is 2.71 bits per heavy atom. The lowest BCUT2D eigenvalue weighted by Gasteiger charge is -2.09. The molecule has 3 heteroatoms. The minimum absolute atomic E-state index is 0.620. The summed E-state index contributed by atoms with van der Waals surface area (Å²) in [6.45, 7) is 4.06. The number of nitrogen functional groups attached to an aromatic ring is 1. The van der Waals surface area contributed by atoms with Gasteiger partial charge in [-0.1, -0.05) is 18.2 Å². The number of halogens is 2. The van der Waals surface area contributed by atoms with Crippen molar-refractivity contribution in [2.75, 3.05) is 5.73 Å². The highest BCUT2D eigenvalue weighted by atomic mass is 79.9. The number of anilines is 1. The Morgan fingerprint density at radius 1 is 1.50 bits per heavy atom. The molecule has 2 rings (SSSR count). The van der Waals surface area contributed by atoms with Crippen molar-refractivity contribution in [3.05, 3.63) is 33.8 Å². The highest BCUT2D eigenvalue weighted by Gasteiger charge is 2.26. The van der Waals surface area contributed by atoms with E-state index in [0.29, 0.717) is 10.9 Å². The third kappa shape index (κ3) is 1.82. The van der Waals surface area contributed by atoms with Gasteiger partial charge < -0.3 is 5.73 Å². The van der Waals surface area contributed by atoms with Gasteiger partial charge in [-0.3, -0.25) is 0 Å². The summed E-state index contributed by atoms with van der Waals surface area (Å²) < 4.78 is 0.837. The van der Waals surface area contributed by atoms with Gasteiger partial charge in [-0.15, -0.1) is 0 Å². The average Bonchev–Trinajstić information content (AvgIpc) is 2.93. The Hall–Kier alpha value is -0.470. The zero-order valence-corrected chi connectivity index (χ0v) is 10.0. The number of benzene rings is 1. The minimum Gasteiger partial charge on any atom is -0.398 e. The lowest BCUT2D eigenvalue weighted by Crippen LogP contribution is -1.94. The lowest BCUT2D eigenvalue weighted by molar-refractivity contribution is 1.15. The first-order chi connectivity index (χ1) is 6.59. The van der Waals surface area contributed by atoms with Crippen LogP contribution in [0.3, 0.4) is 0 Å². The number of hydrogen-bond acceptors (Lipinski definition) is 1. The van der Waals surface area contributed by atoms with E-state index in [1.165, 1.54) is 12.8 Å². The van der Waals surface area contributed by atoms with Gasteiger partial charge in [0.25, 0.3) is 0 Å². The Labute approximate surface area is 97.1 Å². The predicted octanol–water partition coefficient (Wildman–Crippen LogP) is 4.11. The fraction of sp³-hybridized carbons (Fsp3) is 0.273. The number of rotatable bonds is 2. The molecular formula is C11H11BrClN. The van der Waals surface area contributed by atoms with Gasteiger partial charge in [0.15, 0.2) is 0 Å². The van der Waals surface area contributed by atoms with Crippen molar-refractivity contribution in [2.45, 2.75) is 12.8 Å². The second-order valence-electron chi connectivity index (χ2n) is 3.65. The van der Waals surface area contributed by atoms with Crippen molar-refractivity contribution < 1.29 is 0 Å². The normalized spacial score (nSPS) is 15.6. The van der Waals surface area contributed by atoms with Crippen molar-refractivity contribution in [2.24, 2.45) is 5.92 Å². The summed E-state index contributed by atoms with van der Waals surface area (Å²) in [7, 11) is 0. The fourth-order valence-electron chi connectivity index (χ4n) is 1.49. The van der Waals surface area contributed by atoms with E-state index in [9.17, 15) is 0 Å². The summed E-state index contributed by atoms with van der Waals surface area (Å²) >= 11 is 9.35. The molecule has 1 saturated carbocycles. The smallest absolute Gasteiger partial charge is 0.0555 e. The first kappa shape index (κ1) is 10.1. The van der Waals surface area contributed by atoms with Crippen LogP contribution in [0.4, 0.5) is 5.69 Å². The van der Waals surface area contributed by atoms with E-state index in [2.05, 4.69) is 22.5 Å². The highest BCUT2D eigenvalue weighted by molar-refractivity contribution is 9.10. The fourth-order valence-corrected chi connectivity index (χ4v) is 2.02. The van der Waals surface area contributed by atoms with E-state index in [4.69, 9.17) is 17.3 Å². The van der Waals surface area contributed by atoms with Crippen LogP contribution in [-0.2, 0) is 0 Å². The molecule has 0 saturated heterocycles. The molecule has 1 nitrogen and oxygen atoms in total. The quantitative estimate of drug-likeness (QED) is 0.806. The summed E-state index contributed by atoms with van der Waals surface area (Å²) in [6.07, 6.45) is 2.46. The maximum atomic E-state index is 6.01. The van der Waals surface area contributed by atoms with E-state index in [0.717, 1.165) is 21.3 Å². The van der Waals surface area contributed by atoms with Crippen LogP contribution < -0.4 is 5.73 Å². The standard InChI is InChI=1S/C11H11BrClN/c1-6(7-2-3-7)8-4-10(13)9(12)5-11(8)14/h4-5,7H,1-3,14H2. The molecule has 0 aromatic heterocycles. The van der Waals surface area contributed by atoms with Crippen LogP contribution in [0.1, 0.15) is 18.4 Å². The molecule has 0 spiro atoms. The van der Waals surface area contributed by atoms with Crippen LogP contribution in [-0.4, -0.2) is 0 Å². The van der Waals surface area contributed by atoms with E-state index in [1.54, 1.807) is 0 Å². The second-order valence-corrected chi connectivity index (χ2v) is 4.91. The molecular weight excluding hydrogens is 261 g/mol. The summed E-state index contributed by atoms with van der Waals surface area (Å²) in [4.78, 5) is 0. The molecule has 1 fully saturated rings. The third-order valence-corrected chi connectivity index (χ3v) is 3.71. The van der Waals surface area contributed by atoms with Crippen molar-refractivity contribution in [3.8, 4) is 0 Å². The van der Waals surface area contributed by atoms with Crippen molar-refractivity contribution >= 4 is 38.8 Å². The molecule has 14 heavy (non-hydrogen) atoms. The number of allylic oxidation sites excluding steroid dienone is 1. The molecule has 0 aliphatic heterocycles. The Bertz CT molecular complexity index is 397. The molecule has 0 radical (unpaired) electrons. The SMILES string of the molecule is C=C(c1cc(Cl)c(Br)cc1N)C1CC1. The second kappa shape index (κ2) is 3.59. The number of nitrogens with two attached hydrogens (primary N) is 1. The van der Waals surface area contributed by atoms with Gasteiger partial charge in [-0.2, -0.15) is 0 Å². The van der Waals surface area contributed by atoms with Crippen LogP contribution in [0.2, 0.25) is 5.02 Å². The first-order valence-electron chi connectivity index (χ1n) is 4.53. The summed E-state index contributed by atoms with van der Waals surface area (Å²) in [5, 5.41) is 0.691. The molecule has 1 aliphatic carbocycles. The zero-order valence-electron chi connectivity index (χ0n) is 7.69.